The van der Waals surface area contributed by atoms with Gasteiger partial charge in [-0.2, -0.15) is 0 Å². The zero-order chi connectivity index (χ0) is 28.8. The van der Waals surface area contributed by atoms with Crippen molar-refractivity contribution in [3.8, 4) is 0 Å². The maximum Gasteiger partial charge on any atom is 0.192 e. The molecule has 0 saturated carbocycles. The summed E-state index contributed by atoms with van der Waals surface area (Å²) >= 11 is 0. The molecule has 0 radical (unpaired) electrons. The summed E-state index contributed by atoms with van der Waals surface area (Å²) in [6, 6.07) is 8.22. The number of aromatic nitrogens is 4. The molecule has 1 saturated heterocycles. The molecule has 4 rings (SSSR count). The third kappa shape index (κ3) is 6.46. The van der Waals surface area contributed by atoms with Gasteiger partial charge in [0.25, 0.3) is 0 Å². The van der Waals surface area contributed by atoms with Gasteiger partial charge in [-0.25, -0.2) is 15.0 Å². The van der Waals surface area contributed by atoms with Gasteiger partial charge < -0.3 is 18.9 Å². The van der Waals surface area contributed by atoms with E-state index >= 15 is 0 Å². The quantitative estimate of drug-likeness (QED) is 0.280. The molecule has 8 nitrogen and oxygen atoms in total. The average molecular weight is 570 g/mol. The second-order valence-corrected chi connectivity index (χ2v) is 23.5. The molecule has 1 aliphatic rings. The Morgan fingerprint density at radius 1 is 0.949 bits per heavy atom. The Kier molecular flexibility index (Phi) is 8.19. The molecule has 1 aromatic carbocycles. The van der Waals surface area contributed by atoms with Gasteiger partial charge in [0.05, 0.1) is 19.0 Å². The maximum atomic E-state index is 6.95. The second kappa shape index (κ2) is 10.7. The SMILES string of the molecule is Cc1ccc(Nc2ncnc3c2ncn3[C@H]2C[C@H](O[Si](C)(C)C(C)(C)C)[C@@H](CO[Si](C)(C)C(C)(C)C)O2)cc1. The fourth-order valence-electron chi connectivity index (χ4n) is 4.14. The van der Waals surface area contributed by atoms with E-state index < -0.39 is 16.6 Å². The fraction of sp³-hybridized carbons (Fsp3) is 0.621. The lowest BCUT2D eigenvalue weighted by molar-refractivity contribution is -0.0383. The lowest BCUT2D eigenvalue weighted by Crippen LogP contribution is -2.48. The summed E-state index contributed by atoms with van der Waals surface area (Å²) in [6.07, 6.45) is 3.62. The van der Waals surface area contributed by atoms with Crippen LogP contribution in [0.2, 0.25) is 36.3 Å². The summed E-state index contributed by atoms with van der Waals surface area (Å²) in [5, 5.41) is 3.61. The molecular formula is C29H47N5O3Si2. The molecule has 1 N–H and O–H groups in total. The van der Waals surface area contributed by atoms with Crippen molar-refractivity contribution < 1.29 is 13.6 Å². The van der Waals surface area contributed by atoms with Gasteiger partial charge in [-0.1, -0.05) is 59.2 Å². The summed E-state index contributed by atoms with van der Waals surface area (Å²) in [5.41, 5.74) is 3.61. The number of hydrogen-bond acceptors (Lipinski definition) is 7. The summed E-state index contributed by atoms with van der Waals surface area (Å²) in [6.45, 7) is 25.4. The number of nitrogens with zero attached hydrogens (tertiary/aromatic N) is 4. The highest BCUT2D eigenvalue weighted by Crippen LogP contribution is 2.43. The highest BCUT2D eigenvalue weighted by atomic mass is 28.4. The number of anilines is 2. The molecule has 1 fully saturated rings. The van der Waals surface area contributed by atoms with Crippen LogP contribution in [0.1, 0.15) is 59.8 Å². The third-order valence-corrected chi connectivity index (χ3v) is 17.8. The number of ether oxygens (including phenoxy) is 1. The van der Waals surface area contributed by atoms with Gasteiger partial charge in [-0.15, -0.1) is 0 Å². The molecular weight excluding hydrogens is 523 g/mol. The van der Waals surface area contributed by atoms with Crippen molar-refractivity contribution in [3.05, 3.63) is 42.5 Å². The second-order valence-electron chi connectivity index (χ2n) is 13.9. The first-order valence-corrected chi connectivity index (χ1v) is 19.8. The van der Waals surface area contributed by atoms with Crippen LogP contribution in [0.4, 0.5) is 11.5 Å². The van der Waals surface area contributed by atoms with Crippen LogP contribution in [-0.2, 0) is 13.6 Å². The number of imidazole rings is 1. The minimum atomic E-state index is -2.03. The Labute approximate surface area is 236 Å². The predicted octanol–water partition coefficient (Wildman–Crippen LogP) is 7.58. The fourth-order valence-corrected chi connectivity index (χ4v) is 6.51. The highest BCUT2D eigenvalue weighted by molar-refractivity contribution is 6.74. The van der Waals surface area contributed by atoms with Crippen LogP contribution in [0.3, 0.4) is 0 Å². The van der Waals surface area contributed by atoms with Gasteiger partial charge in [0, 0.05) is 12.1 Å². The Morgan fingerprint density at radius 3 is 2.21 bits per heavy atom. The van der Waals surface area contributed by atoms with E-state index in [1.165, 1.54) is 5.56 Å². The van der Waals surface area contributed by atoms with Crippen molar-refractivity contribution in [2.75, 3.05) is 11.9 Å². The van der Waals surface area contributed by atoms with Crippen molar-refractivity contribution in [2.24, 2.45) is 0 Å². The third-order valence-electron chi connectivity index (χ3n) is 8.83. The number of benzene rings is 1. The maximum absolute atomic E-state index is 6.95. The molecule has 0 aliphatic carbocycles. The first-order valence-electron chi connectivity index (χ1n) is 14.0. The van der Waals surface area contributed by atoms with Crippen LogP contribution in [0.25, 0.3) is 11.2 Å². The monoisotopic (exact) mass is 569 g/mol. The minimum Gasteiger partial charge on any atom is -0.414 e. The molecule has 10 heteroatoms. The van der Waals surface area contributed by atoms with Gasteiger partial charge >= 0.3 is 0 Å². The van der Waals surface area contributed by atoms with Crippen LogP contribution in [-0.4, -0.2) is 55.0 Å². The van der Waals surface area contributed by atoms with E-state index in [1.54, 1.807) is 6.33 Å². The van der Waals surface area contributed by atoms with Gasteiger partial charge in [0.1, 0.15) is 18.7 Å². The van der Waals surface area contributed by atoms with E-state index in [0.717, 1.165) is 11.3 Å². The van der Waals surface area contributed by atoms with E-state index in [2.05, 4.69) is 102 Å². The van der Waals surface area contributed by atoms with Gasteiger partial charge in [-0.3, -0.25) is 4.57 Å². The van der Waals surface area contributed by atoms with Crippen molar-refractivity contribution in [2.45, 2.75) is 110 Å². The lowest BCUT2D eigenvalue weighted by Gasteiger charge is -2.40. The number of nitrogens with one attached hydrogen (secondary N) is 1. The largest absolute Gasteiger partial charge is 0.414 e. The number of fused-ring (bicyclic) bond motifs is 1. The minimum absolute atomic E-state index is 0.0647. The van der Waals surface area contributed by atoms with Gasteiger partial charge in [0.2, 0.25) is 0 Å². The summed E-state index contributed by atoms with van der Waals surface area (Å²) in [5.74, 6) is 0.674. The van der Waals surface area contributed by atoms with E-state index in [4.69, 9.17) is 18.6 Å². The smallest absolute Gasteiger partial charge is 0.192 e. The Morgan fingerprint density at radius 2 is 1.59 bits per heavy atom. The topological polar surface area (TPSA) is 83.3 Å². The van der Waals surface area contributed by atoms with Crippen molar-refractivity contribution in [1.82, 2.24) is 19.5 Å². The van der Waals surface area contributed by atoms with E-state index in [-0.39, 0.29) is 28.5 Å². The molecule has 0 spiro atoms. The Hall–Kier alpha value is -2.12. The van der Waals surface area contributed by atoms with E-state index in [1.807, 2.05) is 23.0 Å². The molecule has 3 atom stereocenters. The lowest BCUT2D eigenvalue weighted by atomic mass is 10.2. The van der Waals surface area contributed by atoms with Crippen molar-refractivity contribution in [3.63, 3.8) is 0 Å². The molecule has 3 aromatic rings. The molecule has 0 bridgehead atoms. The molecule has 0 amide bonds. The number of hydrogen-bond donors (Lipinski definition) is 1. The summed E-state index contributed by atoms with van der Waals surface area (Å²) in [7, 11) is -3.98. The summed E-state index contributed by atoms with van der Waals surface area (Å²) in [4.78, 5) is 13.8. The predicted molar refractivity (Wildman–Crippen MR) is 164 cm³/mol. The van der Waals surface area contributed by atoms with Crippen LogP contribution < -0.4 is 5.32 Å². The zero-order valence-electron chi connectivity index (χ0n) is 25.6. The molecule has 0 unspecified atom stereocenters. The molecule has 39 heavy (non-hydrogen) atoms. The van der Waals surface area contributed by atoms with Crippen molar-refractivity contribution in [1.29, 1.82) is 0 Å². The first-order chi connectivity index (χ1) is 18.0. The zero-order valence-corrected chi connectivity index (χ0v) is 27.6. The Balaban J connectivity index is 1.60. The number of aryl methyl sites for hydroxylation is 1. The van der Waals surface area contributed by atoms with Crippen LogP contribution in [0, 0.1) is 6.92 Å². The van der Waals surface area contributed by atoms with Crippen LogP contribution in [0.5, 0.6) is 0 Å². The molecule has 2 aromatic heterocycles. The first kappa shape index (κ1) is 29.9. The van der Waals surface area contributed by atoms with Crippen molar-refractivity contribution >= 4 is 39.3 Å². The van der Waals surface area contributed by atoms with Gasteiger partial charge in [-0.05, 0) is 55.3 Å². The Bertz CT molecular complexity index is 1280. The van der Waals surface area contributed by atoms with Crippen LogP contribution >= 0.6 is 0 Å². The highest BCUT2D eigenvalue weighted by Gasteiger charge is 2.46. The molecule has 214 valence electrons. The van der Waals surface area contributed by atoms with Crippen LogP contribution in [0.15, 0.2) is 36.9 Å². The average Bonchev–Trinajstić information content (AvgIpc) is 3.42. The normalized spacial score (nSPS) is 21.1. The molecule has 1 aliphatic heterocycles. The van der Waals surface area contributed by atoms with E-state index in [0.29, 0.717) is 24.4 Å². The molecule has 3 heterocycles. The summed E-state index contributed by atoms with van der Waals surface area (Å²) < 4.78 is 22.3. The number of rotatable bonds is 8. The van der Waals surface area contributed by atoms with E-state index in [9.17, 15) is 0 Å². The standard InChI is InChI=1S/C29H47N5O3Si2/c1-20-12-14-21(15-13-20)33-26-25-27(31-18-30-26)34(19-32-25)24-16-22(37-39(10,11)29(5,6)7)23(36-24)17-35-38(8,9)28(2,3)4/h12-15,18-19,22-24H,16-17H2,1-11H3,(H,30,31,33)/t22-,23+,24+/m0/s1. The van der Waals surface area contributed by atoms with Gasteiger partial charge in [0.15, 0.2) is 33.6 Å².